The standard InChI is InChI=1S/C31H33N3O6/c35-17-14-27(28(36)37)32-29(38)31(15-16-34(20-31)18-21-8-2-1-3-9-21)33-30(39)40-19-26-24-12-6-4-10-22(24)23-11-5-7-13-25(23)26/h1-13,26-27,35H,14-20H2,(H,32,38)(H,33,39)(H,36,37)/t27-,31?/m0/s1. The fourth-order valence-electron chi connectivity index (χ4n) is 5.72. The molecule has 1 heterocycles. The van der Waals surface area contributed by atoms with Crippen LogP contribution >= 0.6 is 0 Å². The number of benzene rings is 3. The van der Waals surface area contributed by atoms with E-state index in [1.165, 1.54) is 0 Å². The molecule has 0 aromatic heterocycles. The van der Waals surface area contributed by atoms with Crippen molar-refractivity contribution in [3.63, 3.8) is 0 Å². The molecule has 2 aliphatic rings. The number of alkyl carbamates (subject to hydrolysis) is 1. The number of fused-ring (bicyclic) bond motifs is 3. The molecular formula is C31H33N3O6. The molecule has 1 aliphatic heterocycles. The van der Waals surface area contributed by atoms with Crippen LogP contribution in [0.4, 0.5) is 4.79 Å². The van der Waals surface area contributed by atoms with Crippen molar-refractivity contribution in [2.24, 2.45) is 0 Å². The average molecular weight is 544 g/mol. The molecule has 40 heavy (non-hydrogen) atoms. The number of nitrogens with one attached hydrogen (secondary N) is 2. The zero-order valence-electron chi connectivity index (χ0n) is 22.1. The lowest BCUT2D eigenvalue weighted by molar-refractivity contribution is -0.143. The van der Waals surface area contributed by atoms with Gasteiger partial charge in [0, 0.05) is 38.6 Å². The molecule has 3 aromatic rings. The van der Waals surface area contributed by atoms with Crippen molar-refractivity contribution < 1.29 is 29.3 Å². The molecular weight excluding hydrogens is 510 g/mol. The van der Waals surface area contributed by atoms with E-state index in [1.807, 2.05) is 71.6 Å². The number of carboxylic acids is 1. The van der Waals surface area contributed by atoms with Crippen LogP contribution < -0.4 is 10.6 Å². The number of carbonyl (C=O) groups is 3. The first-order chi connectivity index (χ1) is 19.4. The molecule has 0 radical (unpaired) electrons. The summed E-state index contributed by atoms with van der Waals surface area (Å²) < 4.78 is 5.73. The predicted molar refractivity (Wildman–Crippen MR) is 149 cm³/mol. The minimum absolute atomic E-state index is 0.0908. The van der Waals surface area contributed by atoms with Gasteiger partial charge in [-0.05, 0) is 34.2 Å². The normalized spacial score (nSPS) is 18.9. The number of carboxylic acid groups (broad SMARTS) is 1. The maximum atomic E-state index is 13.5. The van der Waals surface area contributed by atoms with Crippen LogP contribution in [-0.2, 0) is 20.9 Å². The number of aliphatic hydroxyl groups is 1. The van der Waals surface area contributed by atoms with Crippen molar-refractivity contribution in [1.82, 2.24) is 15.5 Å². The Bertz CT molecular complexity index is 1330. The molecule has 0 spiro atoms. The molecule has 1 saturated heterocycles. The molecule has 2 amide bonds. The van der Waals surface area contributed by atoms with Crippen LogP contribution in [-0.4, -0.2) is 71.0 Å². The number of amides is 2. The molecule has 4 N–H and O–H groups in total. The van der Waals surface area contributed by atoms with Crippen LogP contribution in [0.3, 0.4) is 0 Å². The maximum absolute atomic E-state index is 13.5. The highest BCUT2D eigenvalue weighted by Gasteiger charge is 2.47. The number of nitrogens with zero attached hydrogens (tertiary/aromatic N) is 1. The molecule has 208 valence electrons. The van der Waals surface area contributed by atoms with Gasteiger partial charge in [-0.1, -0.05) is 78.9 Å². The van der Waals surface area contributed by atoms with Gasteiger partial charge in [0.15, 0.2) is 0 Å². The van der Waals surface area contributed by atoms with E-state index in [4.69, 9.17) is 4.74 Å². The zero-order valence-corrected chi connectivity index (χ0v) is 22.1. The Morgan fingerprint density at radius 3 is 2.20 bits per heavy atom. The summed E-state index contributed by atoms with van der Waals surface area (Å²) in [6.45, 7) is 0.964. The Morgan fingerprint density at radius 1 is 0.950 bits per heavy atom. The number of hydrogen-bond donors (Lipinski definition) is 4. The van der Waals surface area contributed by atoms with Gasteiger partial charge in [-0.2, -0.15) is 0 Å². The van der Waals surface area contributed by atoms with Crippen LogP contribution in [0, 0.1) is 0 Å². The molecule has 3 aromatic carbocycles. The summed E-state index contributed by atoms with van der Waals surface area (Å²) in [4.78, 5) is 40.5. The van der Waals surface area contributed by atoms with Crippen LogP contribution in [0.25, 0.3) is 11.1 Å². The second-order valence-corrected chi connectivity index (χ2v) is 10.4. The van der Waals surface area contributed by atoms with E-state index in [0.717, 1.165) is 27.8 Å². The molecule has 5 rings (SSSR count). The average Bonchev–Trinajstić information content (AvgIpc) is 3.51. The summed E-state index contributed by atoms with van der Waals surface area (Å²) in [6.07, 6.45) is -0.607. The first-order valence-corrected chi connectivity index (χ1v) is 13.4. The number of carbonyl (C=O) groups excluding carboxylic acids is 2. The summed E-state index contributed by atoms with van der Waals surface area (Å²) >= 11 is 0. The highest BCUT2D eigenvalue weighted by molar-refractivity contribution is 5.93. The van der Waals surface area contributed by atoms with E-state index in [-0.39, 0.29) is 31.9 Å². The Kier molecular flexibility index (Phi) is 8.14. The van der Waals surface area contributed by atoms with Crippen molar-refractivity contribution in [2.45, 2.75) is 36.9 Å². The zero-order chi connectivity index (χ0) is 28.1. The molecule has 1 aliphatic carbocycles. The number of ether oxygens (including phenoxy) is 1. The molecule has 9 nitrogen and oxygen atoms in total. The fraction of sp³-hybridized carbons (Fsp3) is 0.323. The molecule has 0 bridgehead atoms. The fourth-order valence-corrected chi connectivity index (χ4v) is 5.72. The number of likely N-dealkylation sites (tertiary alicyclic amines) is 1. The van der Waals surface area contributed by atoms with Crippen LogP contribution in [0.5, 0.6) is 0 Å². The highest BCUT2D eigenvalue weighted by Crippen LogP contribution is 2.44. The topological polar surface area (TPSA) is 128 Å². The summed E-state index contributed by atoms with van der Waals surface area (Å²) in [5.41, 5.74) is 4.04. The molecule has 9 heteroatoms. The Balaban J connectivity index is 1.31. The maximum Gasteiger partial charge on any atom is 0.408 e. The van der Waals surface area contributed by atoms with Gasteiger partial charge in [-0.3, -0.25) is 9.69 Å². The van der Waals surface area contributed by atoms with E-state index in [1.54, 1.807) is 0 Å². The van der Waals surface area contributed by atoms with E-state index < -0.39 is 36.2 Å². The first-order valence-electron chi connectivity index (χ1n) is 13.4. The van der Waals surface area contributed by atoms with Crippen molar-refractivity contribution >= 4 is 18.0 Å². The largest absolute Gasteiger partial charge is 0.480 e. The lowest BCUT2D eigenvalue weighted by Crippen LogP contribution is -2.62. The van der Waals surface area contributed by atoms with Gasteiger partial charge in [0.05, 0.1) is 0 Å². The van der Waals surface area contributed by atoms with Crippen LogP contribution in [0.1, 0.15) is 35.4 Å². The Morgan fingerprint density at radius 2 is 1.57 bits per heavy atom. The third-order valence-corrected chi connectivity index (χ3v) is 7.74. The SMILES string of the molecule is O=C(NC1(C(=O)N[C@@H](CCO)C(=O)O)CCN(Cc2ccccc2)C1)OCC1c2ccccc2-c2ccccc21. The lowest BCUT2D eigenvalue weighted by atomic mass is 9.96. The number of rotatable bonds is 10. The van der Waals surface area contributed by atoms with E-state index in [0.29, 0.717) is 13.1 Å². The molecule has 1 fully saturated rings. The molecule has 2 atom stereocenters. The number of hydrogen-bond acceptors (Lipinski definition) is 6. The van der Waals surface area contributed by atoms with Crippen molar-refractivity contribution in [1.29, 1.82) is 0 Å². The second-order valence-electron chi connectivity index (χ2n) is 10.4. The summed E-state index contributed by atoms with van der Waals surface area (Å²) in [7, 11) is 0. The van der Waals surface area contributed by atoms with Gasteiger partial charge in [0.1, 0.15) is 18.2 Å². The Hall–Kier alpha value is -4.21. The van der Waals surface area contributed by atoms with Gasteiger partial charge in [-0.15, -0.1) is 0 Å². The van der Waals surface area contributed by atoms with Crippen LogP contribution in [0.15, 0.2) is 78.9 Å². The van der Waals surface area contributed by atoms with Gasteiger partial charge >= 0.3 is 12.1 Å². The summed E-state index contributed by atoms with van der Waals surface area (Å²) in [5.74, 6) is -2.00. The lowest BCUT2D eigenvalue weighted by Gasteiger charge is -2.30. The van der Waals surface area contributed by atoms with Crippen molar-refractivity contribution in [3.8, 4) is 11.1 Å². The van der Waals surface area contributed by atoms with Gasteiger partial charge in [0.25, 0.3) is 0 Å². The molecule has 1 unspecified atom stereocenters. The smallest absolute Gasteiger partial charge is 0.408 e. The summed E-state index contributed by atoms with van der Waals surface area (Å²) in [5, 5.41) is 24.1. The minimum Gasteiger partial charge on any atom is -0.480 e. The number of aliphatic carboxylic acids is 1. The summed E-state index contributed by atoms with van der Waals surface area (Å²) in [6, 6.07) is 24.6. The van der Waals surface area contributed by atoms with Gasteiger partial charge in [-0.25, -0.2) is 9.59 Å². The van der Waals surface area contributed by atoms with Crippen molar-refractivity contribution in [2.75, 3.05) is 26.3 Å². The minimum atomic E-state index is -1.39. The van der Waals surface area contributed by atoms with E-state index in [9.17, 15) is 24.6 Å². The van der Waals surface area contributed by atoms with E-state index in [2.05, 4.69) is 22.8 Å². The number of aliphatic hydroxyl groups excluding tert-OH is 1. The second kappa shape index (κ2) is 11.9. The quantitative estimate of drug-likeness (QED) is 0.309. The van der Waals surface area contributed by atoms with Crippen molar-refractivity contribution in [3.05, 3.63) is 95.6 Å². The van der Waals surface area contributed by atoms with E-state index >= 15 is 0 Å². The highest BCUT2D eigenvalue weighted by atomic mass is 16.5. The molecule has 0 saturated carbocycles. The first kappa shape index (κ1) is 27.4. The Labute approximate surface area is 232 Å². The monoisotopic (exact) mass is 543 g/mol. The van der Waals surface area contributed by atoms with Gasteiger partial charge < -0.3 is 25.6 Å². The third-order valence-electron chi connectivity index (χ3n) is 7.74. The predicted octanol–water partition coefficient (Wildman–Crippen LogP) is 3.12. The third kappa shape index (κ3) is 5.71. The van der Waals surface area contributed by atoms with Crippen LogP contribution in [0.2, 0.25) is 0 Å². The van der Waals surface area contributed by atoms with Gasteiger partial charge in [0.2, 0.25) is 5.91 Å².